The van der Waals surface area contributed by atoms with Crippen molar-refractivity contribution in [3.8, 4) is 0 Å². The van der Waals surface area contributed by atoms with E-state index in [9.17, 15) is 9.90 Å². The quantitative estimate of drug-likeness (QED) is 0.639. The van der Waals surface area contributed by atoms with Crippen molar-refractivity contribution in [2.75, 3.05) is 39.3 Å². The minimum Gasteiger partial charge on any atom is -0.450 e. The Morgan fingerprint density at radius 3 is 2.26 bits per heavy atom. The van der Waals surface area contributed by atoms with Gasteiger partial charge in [-0.1, -0.05) is 60.7 Å². The number of β-amino-alcohol motifs (C(OH)–C–C–N with tert-alkyl or cyclic N) is 1. The Bertz CT molecular complexity index is 898. The summed E-state index contributed by atoms with van der Waals surface area (Å²) in [5, 5.41) is 11.1. The number of rotatable bonds is 8. The maximum absolute atomic E-state index is 12.7. The highest BCUT2D eigenvalue weighted by molar-refractivity contribution is 5.68. The van der Waals surface area contributed by atoms with Crippen molar-refractivity contribution < 1.29 is 14.6 Å². The summed E-state index contributed by atoms with van der Waals surface area (Å²) in [5.74, 6) is 0.221. The van der Waals surface area contributed by atoms with Crippen molar-refractivity contribution in [3.63, 3.8) is 0 Å². The lowest BCUT2D eigenvalue weighted by Crippen LogP contribution is -2.49. The molecule has 0 saturated carbocycles. The van der Waals surface area contributed by atoms with E-state index in [1.165, 1.54) is 5.56 Å². The minimum atomic E-state index is -0.685. The molecule has 0 bridgehead atoms. The van der Waals surface area contributed by atoms with Gasteiger partial charge < -0.3 is 19.6 Å². The molecule has 6 nitrogen and oxygen atoms in total. The van der Waals surface area contributed by atoms with Crippen LogP contribution in [-0.4, -0.2) is 76.9 Å². The molecule has 0 aliphatic carbocycles. The summed E-state index contributed by atoms with van der Waals surface area (Å²) in [5.41, 5.74) is 1.73. The van der Waals surface area contributed by atoms with Gasteiger partial charge in [0.1, 0.15) is 0 Å². The number of aliphatic hydroxyl groups is 1. The van der Waals surface area contributed by atoms with Gasteiger partial charge in [0.2, 0.25) is 0 Å². The summed E-state index contributed by atoms with van der Waals surface area (Å²) in [6, 6.07) is 20.8. The zero-order valence-corrected chi connectivity index (χ0v) is 20.6. The zero-order chi connectivity index (χ0) is 24.0. The largest absolute Gasteiger partial charge is 0.450 e. The van der Waals surface area contributed by atoms with Crippen LogP contribution in [0.25, 0.3) is 0 Å². The summed E-state index contributed by atoms with van der Waals surface area (Å²) >= 11 is 0. The van der Waals surface area contributed by atoms with Crippen LogP contribution in [0.2, 0.25) is 0 Å². The van der Waals surface area contributed by atoms with Crippen LogP contribution in [-0.2, 0) is 17.8 Å². The van der Waals surface area contributed by atoms with Crippen molar-refractivity contribution in [1.29, 1.82) is 0 Å². The van der Waals surface area contributed by atoms with E-state index in [2.05, 4.69) is 46.2 Å². The molecule has 0 spiro atoms. The van der Waals surface area contributed by atoms with Gasteiger partial charge in [0, 0.05) is 57.8 Å². The Hall–Kier alpha value is -2.41. The molecule has 2 aromatic rings. The summed E-state index contributed by atoms with van der Waals surface area (Å²) in [4.78, 5) is 19.5. The van der Waals surface area contributed by atoms with E-state index in [0.29, 0.717) is 19.7 Å². The lowest BCUT2D eigenvalue weighted by molar-refractivity contribution is 0.00853. The smallest absolute Gasteiger partial charge is 0.410 e. The molecule has 2 heterocycles. The molecule has 2 aliphatic heterocycles. The van der Waals surface area contributed by atoms with E-state index in [1.54, 1.807) is 0 Å². The first-order valence-electron chi connectivity index (χ1n) is 12.6. The van der Waals surface area contributed by atoms with Crippen molar-refractivity contribution in [1.82, 2.24) is 14.7 Å². The number of carbonyl (C=O) groups is 1. The second-order valence-electron chi connectivity index (χ2n) is 10.1. The van der Waals surface area contributed by atoms with E-state index in [0.717, 1.165) is 51.1 Å². The number of piperidine rings is 1. The summed E-state index contributed by atoms with van der Waals surface area (Å²) in [7, 11) is 0. The van der Waals surface area contributed by atoms with Gasteiger partial charge in [0.05, 0.1) is 12.2 Å². The Morgan fingerprint density at radius 2 is 1.65 bits per heavy atom. The van der Waals surface area contributed by atoms with Crippen LogP contribution in [0.3, 0.4) is 0 Å². The Morgan fingerprint density at radius 1 is 1.03 bits per heavy atom. The number of ether oxygens (including phenoxy) is 1. The monoisotopic (exact) mass is 465 g/mol. The third kappa shape index (κ3) is 6.38. The first-order valence-corrected chi connectivity index (χ1v) is 12.6. The maximum Gasteiger partial charge on any atom is 0.410 e. The molecule has 1 amide bonds. The van der Waals surface area contributed by atoms with Gasteiger partial charge in [-0.25, -0.2) is 4.79 Å². The molecule has 1 N–H and O–H groups in total. The number of carbonyl (C=O) groups excluding carboxylic acids is 1. The fraction of sp³-hybridized carbons (Fsp3) is 0.536. The lowest BCUT2D eigenvalue weighted by Gasteiger charge is -2.39. The van der Waals surface area contributed by atoms with Crippen molar-refractivity contribution in [3.05, 3.63) is 71.8 Å². The Balaban J connectivity index is 1.31. The van der Waals surface area contributed by atoms with Crippen LogP contribution in [0.5, 0.6) is 0 Å². The molecule has 0 radical (unpaired) electrons. The maximum atomic E-state index is 12.7. The second-order valence-corrected chi connectivity index (χ2v) is 10.1. The first-order chi connectivity index (χ1) is 16.4. The molecule has 4 rings (SSSR count). The summed E-state index contributed by atoms with van der Waals surface area (Å²) < 4.78 is 5.39. The predicted octanol–water partition coefficient (Wildman–Crippen LogP) is 3.99. The fourth-order valence-electron chi connectivity index (χ4n) is 5.43. The van der Waals surface area contributed by atoms with E-state index >= 15 is 0 Å². The summed E-state index contributed by atoms with van der Waals surface area (Å²) in [6.45, 7) is 10.1. The third-order valence-corrected chi connectivity index (χ3v) is 7.33. The first kappa shape index (κ1) is 24.7. The highest BCUT2D eigenvalue weighted by Crippen LogP contribution is 2.30. The molecule has 2 fully saturated rings. The molecule has 2 aromatic carbocycles. The van der Waals surface area contributed by atoms with Gasteiger partial charge in [-0.3, -0.25) is 4.90 Å². The topological polar surface area (TPSA) is 56.2 Å². The average molecular weight is 466 g/mol. The number of nitrogens with zero attached hydrogens (tertiary/aromatic N) is 3. The fourth-order valence-corrected chi connectivity index (χ4v) is 5.43. The predicted molar refractivity (Wildman–Crippen MR) is 134 cm³/mol. The van der Waals surface area contributed by atoms with Gasteiger partial charge in [-0.2, -0.15) is 0 Å². The van der Waals surface area contributed by atoms with Crippen LogP contribution >= 0.6 is 0 Å². The molecule has 6 heteroatoms. The van der Waals surface area contributed by atoms with Crippen molar-refractivity contribution in [2.24, 2.45) is 5.92 Å². The molecular formula is C28H39N3O3. The van der Waals surface area contributed by atoms with Crippen LogP contribution in [0.15, 0.2) is 60.7 Å². The second kappa shape index (κ2) is 11.3. The summed E-state index contributed by atoms with van der Waals surface area (Å²) in [6.07, 6.45) is 1.63. The number of hydrogen-bond acceptors (Lipinski definition) is 5. The van der Waals surface area contributed by atoms with Gasteiger partial charge in [-0.15, -0.1) is 0 Å². The van der Waals surface area contributed by atoms with Crippen molar-refractivity contribution >= 4 is 6.09 Å². The molecule has 2 saturated heterocycles. The van der Waals surface area contributed by atoms with Crippen LogP contribution in [0, 0.1) is 5.92 Å². The SMILES string of the molecule is CCOC(=O)N(Cc1ccccc1)C1CCN(CC2CN(Cc3ccccc3)CC2(C)O)CC1. The number of benzene rings is 2. The lowest BCUT2D eigenvalue weighted by atomic mass is 9.91. The average Bonchev–Trinajstić information content (AvgIpc) is 3.12. The molecule has 34 heavy (non-hydrogen) atoms. The third-order valence-electron chi connectivity index (χ3n) is 7.33. The van der Waals surface area contributed by atoms with Gasteiger partial charge in [0.15, 0.2) is 0 Å². The minimum absolute atomic E-state index is 0.175. The molecule has 2 atom stereocenters. The van der Waals surface area contributed by atoms with Crippen molar-refractivity contribution in [2.45, 2.75) is 51.4 Å². The van der Waals surface area contributed by atoms with E-state index in [-0.39, 0.29) is 18.1 Å². The number of hydrogen-bond donors (Lipinski definition) is 1. The highest BCUT2D eigenvalue weighted by Gasteiger charge is 2.42. The van der Waals surface area contributed by atoms with E-state index in [1.807, 2.05) is 43.0 Å². The van der Waals surface area contributed by atoms with Crippen LogP contribution < -0.4 is 0 Å². The molecule has 184 valence electrons. The zero-order valence-electron chi connectivity index (χ0n) is 20.6. The van der Waals surface area contributed by atoms with Crippen LogP contribution in [0.1, 0.15) is 37.8 Å². The van der Waals surface area contributed by atoms with Crippen LogP contribution in [0.4, 0.5) is 4.79 Å². The van der Waals surface area contributed by atoms with E-state index in [4.69, 9.17) is 4.74 Å². The Labute approximate surface area is 204 Å². The highest BCUT2D eigenvalue weighted by atomic mass is 16.6. The number of likely N-dealkylation sites (tertiary alicyclic amines) is 2. The van der Waals surface area contributed by atoms with Gasteiger partial charge in [0.25, 0.3) is 0 Å². The standard InChI is InChI=1S/C28H39N3O3/c1-3-34-27(32)31(19-24-12-8-5-9-13-24)26-14-16-29(17-15-26)20-25-21-30(22-28(25,2)33)18-23-10-6-4-7-11-23/h4-13,25-26,33H,3,14-22H2,1-2H3. The van der Waals surface area contributed by atoms with Gasteiger partial charge in [-0.05, 0) is 37.8 Å². The van der Waals surface area contributed by atoms with Gasteiger partial charge >= 0.3 is 6.09 Å². The molecule has 0 aromatic heterocycles. The van der Waals surface area contributed by atoms with E-state index < -0.39 is 5.60 Å². The molecule has 2 unspecified atom stereocenters. The number of amides is 1. The molecule has 2 aliphatic rings. The Kier molecular flexibility index (Phi) is 8.24. The normalized spacial score (nSPS) is 24.3. The molecular weight excluding hydrogens is 426 g/mol.